The monoisotopic (exact) mass is 338 g/mol. The van der Waals surface area contributed by atoms with Gasteiger partial charge in [-0.05, 0) is 54.7 Å². The minimum atomic E-state index is -0.117. The van der Waals surface area contributed by atoms with Crippen molar-refractivity contribution in [2.45, 2.75) is 53.0 Å². The highest BCUT2D eigenvalue weighted by Gasteiger charge is 2.33. The summed E-state index contributed by atoms with van der Waals surface area (Å²) in [6.07, 6.45) is 0. The normalized spacial score (nSPS) is 16.9. The summed E-state index contributed by atoms with van der Waals surface area (Å²) in [5.74, 6) is 0.401. The van der Waals surface area contributed by atoms with Crippen molar-refractivity contribution in [3.05, 3.63) is 0 Å². The van der Waals surface area contributed by atoms with E-state index in [-0.39, 0.29) is 20.6 Å². The third-order valence-corrected chi connectivity index (χ3v) is 4.20. The van der Waals surface area contributed by atoms with Crippen LogP contribution in [0.5, 0.6) is 0 Å². The summed E-state index contributed by atoms with van der Waals surface area (Å²) in [5, 5.41) is 0. The second-order valence-corrected chi connectivity index (χ2v) is 7.33. The second-order valence-electron chi connectivity index (χ2n) is 6.27. The molecule has 0 aliphatic carbocycles. The predicted molar refractivity (Wildman–Crippen MR) is 80.0 cm³/mol. The van der Waals surface area contributed by atoms with Crippen molar-refractivity contribution in [2.75, 3.05) is 6.61 Å². The molecule has 0 rings (SSSR count). The van der Waals surface area contributed by atoms with E-state index in [1.807, 2.05) is 30.4 Å². The molecule has 0 saturated carbocycles. The molecule has 0 bridgehead atoms. The van der Waals surface area contributed by atoms with E-state index in [2.05, 4.69) is 41.5 Å². The molecule has 0 aromatic heterocycles. The van der Waals surface area contributed by atoms with Gasteiger partial charge in [0, 0.05) is 5.82 Å². The minimum absolute atomic E-state index is 0.0214. The average molecular weight is 338 g/mol. The number of carbonyl (C=O) groups excluding carboxylic acids is 1. The Morgan fingerprint density at radius 2 is 1.75 bits per heavy atom. The van der Waals surface area contributed by atoms with Gasteiger partial charge in [-0.1, -0.05) is 20.8 Å². The van der Waals surface area contributed by atoms with E-state index < -0.39 is 0 Å². The van der Waals surface area contributed by atoms with Crippen LogP contribution in [-0.4, -0.2) is 23.8 Å². The smallest absolute Gasteiger partial charge is 0.187 e. The third-order valence-electron chi connectivity index (χ3n) is 3.22. The van der Waals surface area contributed by atoms with Crippen LogP contribution < -0.4 is 0 Å². The van der Waals surface area contributed by atoms with Crippen molar-refractivity contribution in [1.29, 1.82) is 0 Å². The lowest BCUT2D eigenvalue weighted by atomic mass is 9.66. The van der Waals surface area contributed by atoms with Gasteiger partial charge in [-0.3, -0.25) is 4.79 Å². The largest absolute Gasteiger partial charge is 0.375 e. The zero-order valence-electron chi connectivity index (χ0n) is 11.6. The van der Waals surface area contributed by atoms with E-state index in [0.29, 0.717) is 12.5 Å². The maximum atomic E-state index is 11.4. The van der Waals surface area contributed by atoms with Gasteiger partial charge in [-0.15, -0.1) is 0 Å². The number of carbonyl (C=O) groups is 1. The molecule has 16 heavy (non-hydrogen) atoms. The molecule has 0 N–H and O–H groups in total. The highest BCUT2D eigenvalue weighted by Crippen LogP contribution is 2.36. The van der Waals surface area contributed by atoms with E-state index in [1.165, 1.54) is 0 Å². The van der Waals surface area contributed by atoms with Crippen molar-refractivity contribution < 1.29 is 9.53 Å². The predicted octanol–water partition coefficient (Wildman–Crippen LogP) is 2.85. The van der Waals surface area contributed by atoms with E-state index in [9.17, 15) is 4.79 Å². The van der Waals surface area contributed by atoms with Crippen LogP contribution in [0.25, 0.3) is 0 Å². The number of ether oxygens (including phenoxy) is 1. The fraction of sp³-hybridized carbons (Fsp3) is 0.917. The molecule has 0 amide bonds. The van der Waals surface area contributed by atoms with E-state index in [0.717, 1.165) is 0 Å². The van der Waals surface area contributed by atoms with Gasteiger partial charge in [0.05, 0.1) is 12.2 Å². The first-order chi connectivity index (χ1) is 6.97. The van der Waals surface area contributed by atoms with Gasteiger partial charge < -0.3 is 4.74 Å². The molecule has 2 atom stereocenters. The minimum Gasteiger partial charge on any atom is -0.375 e. The molecular formula is C12H24BIO2. The first kappa shape index (κ1) is 16.4. The molecule has 0 aliphatic heterocycles. The standard InChI is InChI=1S/C12H24BIO2/c1-8(9(13)10(14)15)12(5,6)7-16-11(2,3)4/h8-9H,7,13H2,1-6H3. The fourth-order valence-electron chi connectivity index (χ4n) is 1.41. The van der Waals surface area contributed by atoms with Crippen LogP contribution >= 0.6 is 22.6 Å². The molecule has 2 unspecified atom stereocenters. The van der Waals surface area contributed by atoms with Gasteiger partial charge in [0.25, 0.3) is 0 Å². The Kier molecular flexibility index (Phi) is 6.00. The molecule has 0 aromatic rings. The van der Waals surface area contributed by atoms with Gasteiger partial charge in [-0.2, -0.15) is 0 Å². The molecule has 0 spiro atoms. The van der Waals surface area contributed by atoms with Crippen LogP contribution in [0, 0.1) is 11.3 Å². The van der Waals surface area contributed by atoms with Crippen molar-refractivity contribution in [3.63, 3.8) is 0 Å². The molecule has 0 aromatic carbocycles. The van der Waals surface area contributed by atoms with E-state index >= 15 is 0 Å². The van der Waals surface area contributed by atoms with Crippen molar-refractivity contribution in [3.8, 4) is 0 Å². The maximum absolute atomic E-state index is 11.4. The summed E-state index contributed by atoms with van der Waals surface area (Å²) in [6.45, 7) is 13.3. The lowest BCUT2D eigenvalue weighted by Gasteiger charge is -2.36. The van der Waals surface area contributed by atoms with E-state index in [1.54, 1.807) is 0 Å². The molecule has 94 valence electrons. The van der Waals surface area contributed by atoms with Crippen LogP contribution in [0.2, 0.25) is 5.82 Å². The van der Waals surface area contributed by atoms with E-state index in [4.69, 9.17) is 4.74 Å². The first-order valence-electron chi connectivity index (χ1n) is 5.80. The highest BCUT2D eigenvalue weighted by atomic mass is 127. The van der Waals surface area contributed by atoms with Crippen LogP contribution in [0.1, 0.15) is 41.5 Å². The lowest BCUT2D eigenvalue weighted by molar-refractivity contribution is -0.112. The summed E-state index contributed by atoms with van der Waals surface area (Å²) < 4.78 is 6.06. The highest BCUT2D eigenvalue weighted by molar-refractivity contribution is 14.1. The summed E-state index contributed by atoms with van der Waals surface area (Å²) in [4.78, 5) is 11.4. The molecule has 0 heterocycles. The van der Waals surface area contributed by atoms with Gasteiger partial charge in [0.2, 0.25) is 0 Å². The average Bonchev–Trinajstić information content (AvgIpc) is 2.11. The van der Waals surface area contributed by atoms with Crippen molar-refractivity contribution in [1.82, 2.24) is 0 Å². The summed E-state index contributed by atoms with van der Waals surface area (Å²) in [6, 6.07) is 0. The Bertz CT molecular complexity index is 246. The third kappa shape index (κ3) is 5.66. The van der Waals surface area contributed by atoms with Crippen LogP contribution in [0.3, 0.4) is 0 Å². The molecule has 0 radical (unpaired) electrons. The number of hydrogen-bond donors (Lipinski definition) is 0. The zero-order chi connectivity index (χ0) is 13.1. The second kappa shape index (κ2) is 5.85. The van der Waals surface area contributed by atoms with Crippen molar-refractivity contribution in [2.24, 2.45) is 11.3 Å². The molecule has 0 aliphatic rings. The molecule has 2 nitrogen and oxygen atoms in total. The van der Waals surface area contributed by atoms with Gasteiger partial charge in [0.15, 0.2) is 3.79 Å². The molecule has 0 fully saturated rings. The first-order valence-corrected chi connectivity index (χ1v) is 6.88. The van der Waals surface area contributed by atoms with Crippen molar-refractivity contribution >= 4 is 34.2 Å². The number of hydrogen-bond acceptors (Lipinski definition) is 2. The Morgan fingerprint density at radius 1 is 1.31 bits per heavy atom. The Balaban J connectivity index is 4.48. The Hall–Kier alpha value is 0.425. The molecule has 4 heteroatoms. The number of rotatable bonds is 5. The van der Waals surface area contributed by atoms with Crippen LogP contribution in [0.15, 0.2) is 0 Å². The van der Waals surface area contributed by atoms with Gasteiger partial charge >= 0.3 is 0 Å². The molecular weight excluding hydrogens is 314 g/mol. The summed E-state index contributed by atoms with van der Waals surface area (Å²) in [5.41, 5.74) is -0.0951. The maximum Gasteiger partial charge on any atom is 0.187 e. The van der Waals surface area contributed by atoms with Crippen LogP contribution in [-0.2, 0) is 9.53 Å². The van der Waals surface area contributed by atoms with Gasteiger partial charge in [0.1, 0.15) is 7.85 Å². The Labute approximate surface area is 114 Å². The Morgan fingerprint density at radius 3 is 2.06 bits per heavy atom. The number of halogens is 1. The quantitative estimate of drug-likeness (QED) is 0.438. The summed E-state index contributed by atoms with van der Waals surface area (Å²) >= 11 is 1.89. The van der Waals surface area contributed by atoms with Crippen LogP contribution in [0.4, 0.5) is 0 Å². The lowest BCUT2D eigenvalue weighted by Crippen LogP contribution is -2.35. The fourth-order valence-corrected chi connectivity index (χ4v) is 1.95. The van der Waals surface area contributed by atoms with Gasteiger partial charge in [-0.25, -0.2) is 0 Å². The molecule has 0 saturated heterocycles. The SMILES string of the molecule is BC(C(=O)I)C(C)C(C)(C)COC(C)(C)C. The zero-order valence-corrected chi connectivity index (χ0v) is 13.7. The topological polar surface area (TPSA) is 26.3 Å². The summed E-state index contributed by atoms with van der Waals surface area (Å²) in [7, 11) is 2.00.